The topological polar surface area (TPSA) is 44.4 Å². The normalized spacial score (nSPS) is 10.4. The Balaban J connectivity index is 3.51. The SMILES string of the molecule is CCCNC(=O)N(C)CCNC(C)C. The first-order valence-electron chi connectivity index (χ1n) is 5.30. The summed E-state index contributed by atoms with van der Waals surface area (Å²) in [6.07, 6.45) is 0.976. The number of hydrogen-bond acceptors (Lipinski definition) is 2. The second kappa shape index (κ2) is 7.62. The standard InChI is InChI=1S/C10H23N3O/c1-5-6-12-10(14)13(4)8-7-11-9(2)3/h9,11H,5-8H2,1-4H3,(H,12,14). The first-order valence-corrected chi connectivity index (χ1v) is 5.30. The van der Waals surface area contributed by atoms with E-state index in [1.807, 2.05) is 14.0 Å². The Kier molecular flexibility index (Phi) is 7.20. The summed E-state index contributed by atoms with van der Waals surface area (Å²) in [7, 11) is 1.81. The molecule has 2 amide bonds. The van der Waals surface area contributed by atoms with Crippen molar-refractivity contribution in [1.29, 1.82) is 0 Å². The molecule has 4 nitrogen and oxygen atoms in total. The molecule has 0 fully saturated rings. The van der Waals surface area contributed by atoms with Crippen LogP contribution in [0.5, 0.6) is 0 Å². The molecule has 0 unspecified atom stereocenters. The van der Waals surface area contributed by atoms with Crippen molar-refractivity contribution in [3.8, 4) is 0 Å². The molecule has 0 atom stereocenters. The van der Waals surface area contributed by atoms with Crippen molar-refractivity contribution >= 4 is 6.03 Å². The number of carbonyl (C=O) groups excluding carboxylic acids is 1. The molecule has 0 aromatic carbocycles. The molecule has 0 aliphatic rings. The number of likely N-dealkylation sites (N-methyl/N-ethyl adjacent to an activating group) is 1. The van der Waals surface area contributed by atoms with Gasteiger partial charge in [-0.2, -0.15) is 0 Å². The molecule has 2 N–H and O–H groups in total. The van der Waals surface area contributed by atoms with Gasteiger partial charge in [-0.15, -0.1) is 0 Å². The molecule has 0 saturated carbocycles. The molecule has 0 aromatic rings. The van der Waals surface area contributed by atoms with E-state index in [-0.39, 0.29) is 6.03 Å². The van der Waals surface area contributed by atoms with Crippen molar-refractivity contribution < 1.29 is 4.79 Å². The van der Waals surface area contributed by atoms with Crippen LogP contribution in [0.1, 0.15) is 27.2 Å². The molecular formula is C10H23N3O. The van der Waals surface area contributed by atoms with Crippen LogP contribution < -0.4 is 10.6 Å². The molecule has 0 rings (SSSR count). The summed E-state index contributed by atoms with van der Waals surface area (Å²) >= 11 is 0. The highest BCUT2D eigenvalue weighted by atomic mass is 16.2. The van der Waals surface area contributed by atoms with Gasteiger partial charge in [-0.1, -0.05) is 20.8 Å². The maximum atomic E-state index is 11.4. The van der Waals surface area contributed by atoms with E-state index in [2.05, 4.69) is 24.5 Å². The molecule has 0 saturated heterocycles. The third kappa shape index (κ3) is 6.71. The van der Waals surface area contributed by atoms with Gasteiger partial charge in [-0.25, -0.2) is 4.79 Å². The first-order chi connectivity index (χ1) is 6.57. The second-order valence-electron chi connectivity index (χ2n) is 3.76. The van der Waals surface area contributed by atoms with Gasteiger partial charge < -0.3 is 15.5 Å². The Hall–Kier alpha value is -0.770. The second-order valence-corrected chi connectivity index (χ2v) is 3.76. The van der Waals surface area contributed by atoms with E-state index in [0.717, 1.165) is 26.1 Å². The molecule has 0 spiro atoms. The average Bonchev–Trinajstić information content (AvgIpc) is 2.13. The predicted octanol–water partition coefficient (Wildman–Crippen LogP) is 1.04. The van der Waals surface area contributed by atoms with Crippen LogP contribution in [-0.2, 0) is 0 Å². The molecule has 0 aromatic heterocycles. The number of amides is 2. The molecule has 84 valence electrons. The Morgan fingerprint density at radius 3 is 2.50 bits per heavy atom. The quantitative estimate of drug-likeness (QED) is 0.674. The van der Waals surface area contributed by atoms with Crippen LogP contribution in [0, 0.1) is 0 Å². The maximum absolute atomic E-state index is 11.4. The van der Waals surface area contributed by atoms with Crippen molar-refractivity contribution in [3.63, 3.8) is 0 Å². The lowest BCUT2D eigenvalue weighted by atomic mass is 10.4. The van der Waals surface area contributed by atoms with Crippen LogP contribution >= 0.6 is 0 Å². The van der Waals surface area contributed by atoms with Crippen LogP contribution in [-0.4, -0.2) is 43.7 Å². The summed E-state index contributed by atoms with van der Waals surface area (Å²) in [5, 5.41) is 6.10. The van der Waals surface area contributed by atoms with Crippen molar-refractivity contribution in [2.45, 2.75) is 33.2 Å². The minimum absolute atomic E-state index is 0.0115. The Bertz CT molecular complexity index is 159. The van der Waals surface area contributed by atoms with Gasteiger partial charge in [0.2, 0.25) is 0 Å². The number of hydrogen-bond donors (Lipinski definition) is 2. The summed E-state index contributed by atoms with van der Waals surface area (Å²) in [6.45, 7) is 8.57. The number of carbonyl (C=O) groups is 1. The molecule has 0 aliphatic heterocycles. The molecular weight excluding hydrogens is 178 g/mol. The third-order valence-electron chi connectivity index (χ3n) is 1.87. The minimum atomic E-state index is 0.0115. The first kappa shape index (κ1) is 13.2. The highest BCUT2D eigenvalue weighted by molar-refractivity contribution is 5.73. The average molecular weight is 201 g/mol. The zero-order chi connectivity index (χ0) is 11.0. The van der Waals surface area contributed by atoms with E-state index in [4.69, 9.17) is 0 Å². The largest absolute Gasteiger partial charge is 0.338 e. The van der Waals surface area contributed by atoms with E-state index in [1.54, 1.807) is 4.90 Å². The Labute approximate surface area is 87.0 Å². The van der Waals surface area contributed by atoms with Gasteiger partial charge in [-0.05, 0) is 6.42 Å². The van der Waals surface area contributed by atoms with Crippen molar-refractivity contribution in [2.75, 3.05) is 26.7 Å². The lowest BCUT2D eigenvalue weighted by Crippen LogP contribution is -2.41. The van der Waals surface area contributed by atoms with Crippen molar-refractivity contribution in [3.05, 3.63) is 0 Å². The van der Waals surface area contributed by atoms with E-state index in [9.17, 15) is 4.79 Å². The van der Waals surface area contributed by atoms with E-state index in [0.29, 0.717) is 6.04 Å². The van der Waals surface area contributed by atoms with Gasteiger partial charge in [0.25, 0.3) is 0 Å². The fourth-order valence-corrected chi connectivity index (χ4v) is 0.989. The highest BCUT2D eigenvalue weighted by Gasteiger charge is 2.05. The summed E-state index contributed by atoms with van der Waals surface area (Å²) in [5.41, 5.74) is 0. The van der Waals surface area contributed by atoms with Crippen LogP contribution in [0.2, 0.25) is 0 Å². The number of nitrogens with zero attached hydrogens (tertiary/aromatic N) is 1. The smallest absolute Gasteiger partial charge is 0.317 e. The van der Waals surface area contributed by atoms with Crippen LogP contribution in [0.15, 0.2) is 0 Å². The molecule has 14 heavy (non-hydrogen) atoms. The molecule has 0 radical (unpaired) electrons. The van der Waals surface area contributed by atoms with Crippen LogP contribution in [0.25, 0.3) is 0 Å². The lowest BCUT2D eigenvalue weighted by molar-refractivity contribution is 0.208. The van der Waals surface area contributed by atoms with Gasteiger partial charge in [0.15, 0.2) is 0 Å². The summed E-state index contributed by atoms with van der Waals surface area (Å²) in [4.78, 5) is 13.1. The fourth-order valence-electron chi connectivity index (χ4n) is 0.989. The molecule has 0 bridgehead atoms. The van der Waals surface area contributed by atoms with E-state index in [1.165, 1.54) is 0 Å². The van der Waals surface area contributed by atoms with Crippen molar-refractivity contribution in [1.82, 2.24) is 15.5 Å². The highest BCUT2D eigenvalue weighted by Crippen LogP contribution is 1.84. The van der Waals surface area contributed by atoms with Crippen molar-refractivity contribution in [2.24, 2.45) is 0 Å². The molecule has 4 heteroatoms. The number of urea groups is 1. The lowest BCUT2D eigenvalue weighted by Gasteiger charge is -2.18. The minimum Gasteiger partial charge on any atom is -0.338 e. The number of rotatable bonds is 6. The van der Waals surface area contributed by atoms with Crippen LogP contribution in [0.3, 0.4) is 0 Å². The third-order valence-corrected chi connectivity index (χ3v) is 1.87. The van der Waals surface area contributed by atoms with E-state index < -0.39 is 0 Å². The zero-order valence-electron chi connectivity index (χ0n) is 9.76. The van der Waals surface area contributed by atoms with Gasteiger partial charge >= 0.3 is 6.03 Å². The molecule has 0 heterocycles. The Morgan fingerprint density at radius 2 is 2.00 bits per heavy atom. The van der Waals surface area contributed by atoms with E-state index >= 15 is 0 Å². The van der Waals surface area contributed by atoms with Crippen LogP contribution in [0.4, 0.5) is 4.79 Å². The number of nitrogens with one attached hydrogen (secondary N) is 2. The predicted molar refractivity (Wildman–Crippen MR) is 59.5 cm³/mol. The Morgan fingerprint density at radius 1 is 1.36 bits per heavy atom. The zero-order valence-corrected chi connectivity index (χ0v) is 9.76. The van der Waals surface area contributed by atoms with Gasteiger partial charge in [0, 0.05) is 32.7 Å². The van der Waals surface area contributed by atoms with Gasteiger partial charge in [0.05, 0.1) is 0 Å². The fraction of sp³-hybridized carbons (Fsp3) is 0.900. The molecule has 0 aliphatic carbocycles. The monoisotopic (exact) mass is 201 g/mol. The summed E-state index contributed by atoms with van der Waals surface area (Å²) < 4.78 is 0. The maximum Gasteiger partial charge on any atom is 0.317 e. The van der Waals surface area contributed by atoms with Gasteiger partial charge in [0.1, 0.15) is 0 Å². The summed E-state index contributed by atoms with van der Waals surface area (Å²) in [6, 6.07) is 0.486. The van der Waals surface area contributed by atoms with Gasteiger partial charge in [-0.3, -0.25) is 0 Å². The summed E-state index contributed by atoms with van der Waals surface area (Å²) in [5.74, 6) is 0.